The van der Waals surface area contributed by atoms with Crippen molar-refractivity contribution in [3.05, 3.63) is 36.4 Å². The van der Waals surface area contributed by atoms with E-state index in [0.717, 1.165) is 30.6 Å². The third-order valence-corrected chi connectivity index (χ3v) is 3.22. The zero-order chi connectivity index (χ0) is 13.0. The van der Waals surface area contributed by atoms with Crippen LogP contribution in [0.5, 0.6) is 0 Å². The largest absolute Gasteiger partial charge is 0.383 e. The number of hydrogen-bond acceptors (Lipinski definition) is 2. The maximum atomic E-state index is 11.3. The van der Waals surface area contributed by atoms with Crippen molar-refractivity contribution in [1.29, 1.82) is 0 Å². The van der Waals surface area contributed by atoms with E-state index in [0.29, 0.717) is 12.5 Å². The predicted molar refractivity (Wildman–Crippen MR) is 75.9 cm³/mol. The monoisotopic (exact) mass is 244 g/mol. The minimum absolute atomic E-state index is 0.113. The Morgan fingerprint density at radius 3 is 3.11 bits per heavy atom. The maximum Gasteiger partial charge on any atom is 0.224 e. The van der Waals surface area contributed by atoms with Crippen LogP contribution in [-0.2, 0) is 11.2 Å². The minimum Gasteiger partial charge on any atom is -0.383 e. The highest BCUT2D eigenvalue weighted by atomic mass is 16.1. The van der Waals surface area contributed by atoms with E-state index in [1.165, 1.54) is 5.56 Å². The van der Waals surface area contributed by atoms with Crippen LogP contribution in [0.1, 0.15) is 31.7 Å². The molecule has 1 aliphatic heterocycles. The first-order valence-electron chi connectivity index (χ1n) is 6.49. The number of aryl methyl sites for hydroxylation is 1. The van der Waals surface area contributed by atoms with E-state index >= 15 is 0 Å². The summed E-state index contributed by atoms with van der Waals surface area (Å²) in [6.45, 7) is 5.91. The second-order valence-corrected chi connectivity index (χ2v) is 4.83. The summed E-state index contributed by atoms with van der Waals surface area (Å²) in [5.41, 5.74) is 3.30. The van der Waals surface area contributed by atoms with E-state index in [1.807, 2.05) is 18.2 Å². The smallest absolute Gasteiger partial charge is 0.224 e. The van der Waals surface area contributed by atoms with Gasteiger partial charge in [-0.15, -0.1) is 6.58 Å². The van der Waals surface area contributed by atoms with Gasteiger partial charge in [0.15, 0.2) is 0 Å². The molecule has 2 rings (SSSR count). The number of allylic oxidation sites excluding steroid dienone is 1. The molecule has 1 heterocycles. The lowest BCUT2D eigenvalue weighted by Crippen LogP contribution is -2.20. The van der Waals surface area contributed by atoms with E-state index in [4.69, 9.17) is 0 Å². The number of benzene rings is 1. The van der Waals surface area contributed by atoms with Gasteiger partial charge in [-0.1, -0.05) is 6.08 Å². The molecule has 3 heteroatoms. The summed E-state index contributed by atoms with van der Waals surface area (Å²) in [5, 5.41) is 6.37. The topological polar surface area (TPSA) is 41.1 Å². The SMILES string of the molecule is C=CCCC(C)Nc1ccc2c(c1)CCC(=O)N2. The van der Waals surface area contributed by atoms with Crippen molar-refractivity contribution >= 4 is 17.3 Å². The molecule has 1 amide bonds. The van der Waals surface area contributed by atoms with Crippen LogP contribution >= 0.6 is 0 Å². The Balaban J connectivity index is 2.02. The quantitative estimate of drug-likeness (QED) is 0.780. The van der Waals surface area contributed by atoms with Crippen molar-refractivity contribution in [3.8, 4) is 0 Å². The van der Waals surface area contributed by atoms with Gasteiger partial charge in [0.2, 0.25) is 5.91 Å². The number of carbonyl (C=O) groups is 1. The molecular formula is C15H20N2O. The Morgan fingerprint density at radius 1 is 1.50 bits per heavy atom. The number of nitrogens with one attached hydrogen (secondary N) is 2. The normalized spacial score (nSPS) is 15.5. The molecule has 0 aliphatic carbocycles. The van der Waals surface area contributed by atoms with Crippen LogP contribution in [0.4, 0.5) is 11.4 Å². The molecule has 1 unspecified atom stereocenters. The summed E-state index contributed by atoms with van der Waals surface area (Å²) in [6, 6.07) is 6.57. The average Bonchev–Trinajstić information content (AvgIpc) is 2.36. The number of hydrogen-bond donors (Lipinski definition) is 2. The first-order chi connectivity index (χ1) is 8.69. The van der Waals surface area contributed by atoms with Crippen molar-refractivity contribution < 1.29 is 4.79 Å². The van der Waals surface area contributed by atoms with Crippen LogP contribution in [0.15, 0.2) is 30.9 Å². The lowest BCUT2D eigenvalue weighted by molar-refractivity contribution is -0.116. The summed E-state index contributed by atoms with van der Waals surface area (Å²) in [6.07, 6.45) is 5.47. The number of anilines is 2. The summed E-state index contributed by atoms with van der Waals surface area (Å²) in [4.78, 5) is 11.3. The number of fused-ring (bicyclic) bond motifs is 1. The van der Waals surface area contributed by atoms with E-state index in [1.54, 1.807) is 0 Å². The predicted octanol–water partition coefficient (Wildman–Crippen LogP) is 3.34. The molecular weight excluding hydrogens is 224 g/mol. The third kappa shape index (κ3) is 3.13. The van der Waals surface area contributed by atoms with Gasteiger partial charge in [0.25, 0.3) is 0 Å². The second-order valence-electron chi connectivity index (χ2n) is 4.83. The lowest BCUT2D eigenvalue weighted by Gasteiger charge is -2.20. The number of rotatable bonds is 5. The zero-order valence-electron chi connectivity index (χ0n) is 10.8. The van der Waals surface area contributed by atoms with Crippen LogP contribution in [-0.4, -0.2) is 11.9 Å². The van der Waals surface area contributed by atoms with Gasteiger partial charge in [-0.25, -0.2) is 0 Å². The van der Waals surface area contributed by atoms with Gasteiger partial charge in [-0.3, -0.25) is 4.79 Å². The van der Waals surface area contributed by atoms with Crippen LogP contribution < -0.4 is 10.6 Å². The van der Waals surface area contributed by atoms with Gasteiger partial charge in [0.05, 0.1) is 0 Å². The average molecular weight is 244 g/mol. The fourth-order valence-electron chi connectivity index (χ4n) is 2.20. The number of amides is 1. The summed E-state index contributed by atoms with van der Waals surface area (Å²) in [7, 11) is 0. The fourth-order valence-corrected chi connectivity index (χ4v) is 2.20. The van der Waals surface area contributed by atoms with Crippen molar-refractivity contribution in [2.24, 2.45) is 0 Å². The zero-order valence-corrected chi connectivity index (χ0v) is 10.8. The van der Waals surface area contributed by atoms with E-state index in [-0.39, 0.29) is 5.91 Å². The summed E-state index contributed by atoms with van der Waals surface area (Å²) < 4.78 is 0. The molecule has 0 radical (unpaired) electrons. The Morgan fingerprint density at radius 2 is 2.33 bits per heavy atom. The first-order valence-corrected chi connectivity index (χ1v) is 6.49. The van der Waals surface area contributed by atoms with Gasteiger partial charge >= 0.3 is 0 Å². The van der Waals surface area contributed by atoms with Gasteiger partial charge < -0.3 is 10.6 Å². The molecule has 0 saturated carbocycles. The highest BCUT2D eigenvalue weighted by molar-refractivity contribution is 5.94. The van der Waals surface area contributed by atoms with Crippen molar-refractivity contribution in [1.82, 2.24) is 0 Å². The van der Waals surface area contributed by atoms with Crippen LogP contribution in [0, 0.1) is 0 Å². The molecule has 1 aromatic carbocycles. The lowest BCUT2D eigenvalue weighted by atomic mass is 10.0. The molecule has 0 saturated heterocycles. The fraction of sp³-hybridized carbons (Fsp3) is 0.400. The van der Waals surface area contributed by atoms with Crippen LogP contribution in [0.3, 0.4) is 0 Å². The van der Waals surface area contributed by atoms with Gasteiger partial charge in [0, 0.05) is 23.8 Å². The van der Waals surface area contributed by atoms with E-state index < -0.39 is 0 Å². The molecule has 1 aliphatic rings. The highest BCUT2D eigenvalue weighted by Gasteiger charge is 2.14. The second kappa shape index (κ2) is 5.71. The third-order valence-electron chi connectivity index (χ3n) is 3.22. The van der Waals surface area contributed by atoms with Crippen LogP contribution in [0.2, 0.25) is 0 Å². The van der Waals surface area contributed by atoms with Gasteiger partial charge in [0.1, 0.15) is 0 Å². The molecule has 1 aromatic rings. The Bertz CT molecular complexity index is 454. The minimum atomic E-state index is 0.113. The van der Waals surface area contributed by atoms with Crippen LogP contribution in [0.25, 0.3) is 0 Å². The van der Waals surface area contributed by atoms with Crippen molar-refractivity contribution in [3.63, 3.8) is 0 Å². The molecule has 0 spiro atoms. The molecule has 1 atom stereocenters. The van der Waals surface area contributed by atoms with E-state index in [9.17, 15) is 4.79 Å². The van der Waals surface area contributed by atoms with Gasteiger partial charge in [-0.2, -0.15) is 0 Å². The van der Waals surface area contributed by atoms with Crippen molar-refractivity contribution in [2.75, 3.05) is 10.6 Å². The molecule has 18 heavy (non-hydrogen) atoms. The number of carbonyl (C=O) groups excluding carboxylic acids is 1. The van der Waals surface area contributed by atoms with Crippen molar-refractivity contribution in [2.45, 2.75) is 38.6 Å². The first kappa shape index (κ1) is 12.7. The standard InChI is InChI=1S/C15H20N2O/c1-3-4-5-11(2)16-13-7-8-14-12(10-13)6-9-15(18)17-14/h3,7-8,10-11,16H,1,4-6,9H2,2H3,(H,17,18). The molecule has 3 nitrogen and oxygen atoms in total. The Labute approximate surface area is 108 Å². The Kier molecular flexibility index (Phi) is 4.03. The molecule has 0 aromatic heterocycles. The molecule has 96 valence electrons. The molecule has 2 N–H and O–H groups in total. The maximum absolute atomic E-state index is 11.3. The summed E-state index contributed by atoms with van der Waals surface area (Å²) in [5.74, 6) is 0.113. The molecule has 0 fully saturated rings. The Hall–Kier alpha value is -1.77. The summed E-state index contributed by atoms with van der Waals surface area (Å²) >= 11 is 0. The molecule has 0 bridgehead atoms. The van der Waals surface area contributed by atoms with E-state index in [2.05, 4.69) is 30.2 Å². The van der Waals surface area contributed by atoms with Gasteiger partial charge in [-0.05, 0) is 49.9 Å². The highest BCUT2D eigenvalue weighted by Crippen LogP contribution is 2.26.